The molecule has 1 amide bonds. The second kappa shape index (κ2) is 12.6. The van der Waals surface area contributed by atoms with Crippen LogP contribution in [0.1, 0.15) is 26.8 Å². The Labute approximate surface area is 252 Å². The van der Waals surface area contributed by atoms with Crippen molar-refractivity contribution >= 4 is 39.1 Å². The molecule has 44 heavy (non-hydrogen) atoms. The highest BCUT2D eigenvalue weighted by Crippen LogP contribution is 2.34. The molecule has 6 aromatic rings. The average molecular weight is 620 g/mol. The summed E-state index contributed by atoms with van der Waals surface area (Å²) in [5.74, 6) is -3.04. The third-order valence-corrected chi connectivity index (χ3v) is 7.21. The summed E-state index contributed by atoms with van der Waals surface area (Å²) in [7, 11) is 0. The zero-order valence-electron chi connectivity index (χ0n) is 23.0. The van der Waals surface area contributed by atoms with Gasteiger partial charge in [-0.2, -0.15) is 18.3 Å². The van der Waals surface area contributed by atoms with Crippen molar-refractivity contribution < 1.29 is 27.9 Å². The van der Waals surface area contributed by atoms with E-state index in [9.17, 15) is 18.0 Å². The number of rotatable bonds is 6. The van der Waals surface area contributed by atoms with Gasteiger partial charge in [-0.1, -0.05) is 65.9 Å². The molecular formula is C30H24F3N7O3S. The molecule has 4 heterocycles. The molecule has 0 atom stereocenters. The number of fused-ring (bicyclic) bond motifs is 2. The summed E-state index contributed by atoms with van der Waals surface area (Å²) in [5.41, 5.74) is 12.3. The van der Waals surface area contributed by atoms with Crippen molar-refractivity contribution in [1.29, 1.82) is 0 Å². The minimum Gasteiger partial charge on any atom is -0.475 e. The number of aromatic nitrogens is 5. The predicted molar refractivity (Wildman–Crippen MR) is 159 cm³/mol. The molecule has 10 nitrogen and oxygen atoms in total. The predicted octanol–water partition coefficient (Wildman–Crippen LogP) is 5.40. The van der Waals surface area contributed by atoms with Crippen LogP contribution >= 0.6 is 11.3 Å². The first kappa shape index (κ1) is 30.3. The van der Waals surface area contributed by atoms with Crippen LogP contribution in [-0.2, 0) is 17.9 Å². The van der Waals surface area contributed by atoms with Gasteiger partial charge in [0.2, 0.25) is 4.96 Å². The fraction of sp³-hybridized carbons (Fsp3) is 0.133. The number of nitrogens with two attached hydrogens (primary N) is 1. The molecule has 2 aromatic carbocycles. The number of hydrogen-bond donors (Lipinski definition) is 3. The first-order chi connectivity index (χ1) is 21.0. The third kappa shape index (κ3) is 6.71. The number of nitrogens with one attached hydrogen (secondary N) is 1. The van der Waals surface area contributed by atoms with Gasteiger partial charge >= 0.3 is 12.1 Å². The van der Waals surface area contributed by atoms with Crippen LogP contribution < -0.4 is 11.1 Å². The van der Waals surface area contributed by atoms with Crippen LogP contribution in [0.2, 0.25) is 0 Å². The van der Waals surface area contributed by atoms with Gasteiger partial charge in [0.25, 0.3) is 5.91 Å². The molecule has 0 spiro atoms. The molecule has 0 bridgehead atoms. The van der Waals surface area contributed by atoms with Gasteiger partial charge in [0.15, 0.2) is 0 Å². The van der Waals surface area contributed by atoms with E-state index in [1.807, 2.05) is 79.9 Å². The molecular weight excluding hydrogens is 595 g/mol. The fourth-order valence-corrected chi connectivity index (χ4v) is 5.06. The number of amides is 1. The van der Waals surface area contributed by atoms with Crippen molar-refractivity contribution in [3.05, 3.63) is 101 Å². The lowest BCUT2D eigenvalue weighted by Crippen LogP contribution is -2.24. The summed E-state index contributed by atoms with van der Waals surface area (Å²) in [5, 5.41) is 16.1. The van der Waals surface area contributed by atoms with Crippen molar-refractivity contribution in [1.82, 2.24) is 29.9 Å². The Morgan fingerprint density at radius 1 is 1.02 bits per heavy atom. The van der Waals surface area contributed by atoms with E-state index < -0.39 is 12.1 Å². The van der Waals surface area contributed by atoms with Gasteiger partial charge in [-0.05, 0) is 30.2 Å². The second-order valence-corrected chi connectivity index (χ2v) is 10.6. The number of carboxylic acid groups (broad SMARTS) is 1. The minimum atomic E-state index is -5.08. The van der Waals surface area contributed by atoms with Crippen molar-refractivity contribution in [2.24, 2.45) is 5.73 Å². The van der Waals surface area contributed by atoms with Gasteiger partial charge < -0.3 is 16.2 Å². The second-order valence-electron chi connectivity index (χ2n) is 9.44. The van der Waals surface area contributed by atoms with Gasteiger partial charge in [-0.15, -0.1) is 0 Å². The molecule has 4 N–H and O–H groups in total. The number of imidazole rings is 1. The molecule has 14 heteroatoms. The van der Waals surface area contributed by atoms with Crippen LogP contribution in [0.25, 0.3) is 38.2 Å². The number of carbonyl (C=O) groups excluding carboxylic acids is 1. The fourth-order valence-electron chi connectivity index (χ4n) is 4.32. The molecule has 0 saturated carbocycles. The highest BCUT2D eigenvalue weighted by molar-refractivity contribution is 7.16. The number of benzene rings is 2. The molecule has 0 saturated heterocycles. The number of pyridine rings is 2. The highest BCUT2D eigenvalue weighted by Gasteiger charge is 2.38. The molecule has 224 valence electrons. The van der Waals surface area contributed by atoms with Crippen LogP contribution in [0.3, 0.4) is 0 Å². The molecule has 4 aromatic heterocycles. The quantitative estimate of drug-likeness (QED) is 0.225. The summed E-state index contributed by atoms with van der Waals surface area (Å²) in [4.78, 5) is 36.9. The van der Waals surface area contributed by atoms with Crippen LogP contribution in [0.15, 0.2) is 79.1 Å². The lowest BCUT2D eigenvalue weighted by molar-refractivity contribution is -0.192. The van der Waals surface area contributed by atoms with E-state index in [-0.39, 0.29) is 12.5 Å². The van der Waals surface area contributed by atoms with Crippen molar-refractivity contribution in [3.8, 4) is 22.4 Å². The molecule has 0 radical (unpaired) electrons. The molecule has 0 fully saturated rings. The maximum Gasteiger partial charge on any atom is 0.490 e. The van der Waals surface area contributed by atoms with E-state index in [0.717, 1.165) is 43.6 Å². The van der Waals surface area contributed by atoms with E-state index >= 15 is 0 Å². The average Bonchev–Trinajstić information content (AvgIpc) is 3.56. The summed E-state index contributed by atoms with van der Waals surface area (Å²) in [6.45, 7) is 2.69. The smallest absolute Gasteiger partial charge is 0.475 e. The Kier molecular flexibility index (Phi) is 8.64. The van der Waals surface area contributed by atoms with Crippen LogP contribution in [-0.4, -0.2) is 47.7 Å². The molecule has 0 unspecified atom stereocenters. The highest BCUT2D eigenvalue weighted by atomic mass is 32.1. The Morgan fingerprint density at radius 3 is 2.36 bits per heavy atom. The number of alkyl halides is 3. The Bertz CT molecular complexity index is 1930. The summed E-state index contributed by atoms with van der Waals surface area (Å²) in [6.07, 6.45) is -1.64. The van der Waals surface area contributed by atoms with Gasteiger partial charge in [-0.3, -0.25) is 9.78 Å². The minimum absolute atomic E-state index is 0.274. The first-order valence-electron chi connectivity index (χ1n) is 13.1. The maximum atomic E-state index is 13.3. The van der Waals surface area contributed by atoms with E-state index in [1.54, 1.807) is 10.7 Å². The first-order valence-corrected chi connectivity index (χ1v) is 13.9. The lowest BCUT2D eigenvalue weighted by Gasteiger charge is -2.13. The van der Waals surface area contributed by atoms with E-state index in [1.165, 1.54) is 11.3 Å². The largest absolute Gasteiger partial charge is 0.490 e. The molecule has 0 aliphatic rings. The summed E-state index contributed by atoms with van der Waals surface area (Å²) >= 11 is 1.51. The lowest BCUT2D eigenvalue weighted by atomic mass is 9.96. The van der Waals surface area contributed by atoms with Gasteiger partial charge in [0.1, 0.15) is 10.7 Å². The standard InChI is InChI=1S/C28H23N7OS.C2HF3O2/c1-17-34-35-16-21(32-28(35)37-17)15-31-27(36)26-23-13-22(19-5-3-2-4-6-19)25(33-24(23)11-12-30-26)20-9-7-18(14-29)8-10-20;3-2(4,5)1(6)7/h2-13,16H,14-15,29H2,1H3,(H,31,36);(H,6,7). The van der Waals surface area contributed by atoms with Crippen LogP contribution in [0.5, 0.6) is 0 Å². The monoisotopic (exact) mass is 619 g/mol. The number of hydrogen-bond acceptors (Lipinski definition) is 8. The SMILES string of the molecule is Cc1nn2cc(CNC(=O)c3nccc4nc(-c5ccc(CN)cc5)c(-c5ccccc5)cc34)nc2s1.O=C(O)C(F)(F)F. The molecule has 0 aliphatic heterocycles. The van der Waals surface area contributed by atoms with E-state index in [4.69, 9.17) is 20.6 Å². The summed E-state index contributed by atoms with van der Waals surface area (Å²) in [6, 6.07) is 22.0. The van der Waals surface area contributed by atoms with Gasteiger partial charge in [-0.25, -0.2) is 19.3 Å². The Morgan fingerprint density at radius 2 is 1.73 bits per heavy atom. The molecule has 0 aliphatic carbocycles. The van der Waals surface area contributed by atoms with Crippen molar-refractivity contribution in [2.75, 3.05) is 0 Å². The van der Waals surface area contributed by atoms with Crippen molar-refractivity contribution in [2.45, 2.75) is 26.2 Å². The summed E-state index contributed by atoms with van der Waals surface area (Å²) < 4.78 is 33.5. The number of halogens is 3. The van der Waals surface area contributed by atoms with Gasteiger partial charge in [0, 0.05) is 29.3 Å². The number of aliphatic carboxylic acids is 1. The number of nitrogens with zero attached hydrogens (tertiary/aromatic N) is 5. The number of carboxylic acids is 1. The molecule has 6 rings (SSSR count). The Balaban J connectivity index is 0.000000493. The maximum absolute atomic E-state index is 13.3. The zero-order chi connectivity index (χ0) is 31.4. The number of carbonyl (C=O) groups is 2. The van der Waals surface area contributed by atoms with Crippen LogP contribution in [0, 0.1) is 6.92 Å². The van der Waals surface area contributed by atoms with Crippen LogP contribution in [0.4, 0.5) is 13.2 Å². The normalized spacial score (nSPS) is 11.3. The Hall–Kier alpha value is -5.21. The van der Waals surface area contributed by atoms with Crippen molar-refractivity contribution in [3.63, 3.8) is 0 Å². The van der Waals surface area contributed by atoms with E-state index in [0.29, 0.717) is 23.1 Å². The van der Waals surface area contributed by atoms with Gasteiger partial charge in [0.05, 0.1) is 29.6 Å². The van der Waals surface area contributed by atoms with E-state index in [2.05, 4.69) is 20.4 Å². The third-order valence-electron chi connectivity index (χ3n) is 6.37. The topological polar surface area (TPSA) is 148 Å². The zero-order valence-corrected chi connectivity index (χ0v) is 23.9. The number of aryl methyl sites for hydroxylation is 1.